The van der Waals surface area contributed by atoms with Gasteiger partial charge < -0.3 is 13.6 Å². The maximum atomic E-state index is 10.9. The smallest absolute Gasteiger partial charge is 0.384 e. The van der Waals surface area contributed by atoms with Gasteiger partial charge in [0.25, 0.3) is 0 Å². The molecule has 0 aliphatic heterocycles. The summed E-state index contributed by atoms with van der Waals surface area (Å²) in [5.41, 5.74) is 0. The Labute approximate surface area is 154 Å². The molecule has 0 fully saturated rings. The van der Waals surface area contributed by atoms with Crippen LogP contribution in [0.5, 0.6) is 0 Å². The fourth-order valence-corrected chi connectivity index (χ4v) is 11.6. The fourth-order valence-electron chi connectivity index (χ4n) is 2.57. The SMILES string of the molecule is C#CC(=O)OCCCC[Si](C)(C)O[Si](C)(C)CCCCOC(=O)C#C. The van der Waals surface area contributed by atoms with Crippen LogP contribution < -0.4 is 0 Å². The first-order valence-corrected chi connectivity index (χ1v) is 14.8. The molecule has 140 valence electrons. The molecule has 0 atom stereocenters. The van der Waals surface area contributed by atoms with Gasteiger partial charge in [0.15, 0.2) is 16.6 Å². The number of carbonyl (C=O) groups excluding carboxylic acids is 2. The van der Waals surface area contributed by atoms with Crippen molar-refractivity contribution in [1.82, 2.24) is 0 Å². The highest BCUT2D eigenvalue weighted by Gasteiger charge is 2.32. The lowest BCUT2D eigenvalue weighted by Crippen LogP contribution is -2.44. The van der Waals surface area contributed by atoms with Gasteiger partial charge in [-0.3, -0.25) is 0 Å². The third-order valence-corrected chi connectivity index (χ3v) is 11.1. The molecule has 0 N–H and O–H groups in total. The molecule has 0 amide bonds. The minimum atomic E-state index is -1.75. The molecule has 0 saturated carbocycles. The van der Waals surface area contributed by atoms with Gasteiger partial charge in [0.2, 0.25) is 0 Å². The lowest BCUT2D eigenvalue weighted by molar-refractivity contribution is -0.137. The average molecular weight is 383 g/mol. The van der Waals surface area contributed by atoms with Crippen LogP contribution in [-0.4, -0.2) is 41.8 Å². The van der Waals surface area contributed by atoms with Crippen molar-refractivity contribution in [3.8, 4) is 24.7 Å². The van der Waals surface area contributed by atoms with Gasteiger partial charge in [-0.25, -0.2) is 9.59 Å². The molecule has 0 bridgehead atoms. The standard InChI is InChI=1S/C18H30O5Si2/c1-7-17(19)21-13-9-11-15-24(3,4)23-25(5,6)16-12-10-14-22-18(20)8-2/h1-2H,9-16H2,3-6H3. The number of unbranched alkanes of at least 4 members (excludes halogenated alkanes) is 2. The Morgan fingerprint density at radius 1 is 0.760 bits per heavy atom. The lowest BCUT2D eigenvalue weighted by atomic mass is 10.4. The Balaban J connectivity index is 3.99. The quantitative estimate of drug-likeness (QED) is 0.170. The van der Waals surface area contributed by atoms with E-state index in [0.29, 0.717) is 13.2 Å². The van der Waals surface area contributed by atoms with Crippen molar-refractivity contribution >= 4 is 28.6 Å². The summed E-state index contributed by atoms with van der Waals surface area (Å²) in [6, 6.07) is 2.05. The van der Waals surface area contributed by atoms with Gasteiger partial charge in [0.05, 0.1) is 13.2 Å². The normalized spacial score (nSPS) is 11.3. The van der Waals surface area contributed by atoms with Gasteiger partial charge in [-0.05, 0) is 51.1 Å². The fraction of sp³-hybridized carbons (Fsp3) is 0.667. The number of ether oxygens (including phenoxy) is 2. The van der Waals surface area contributed by atoms with Crippen molar-refractivity contribution in [2.45, 2.75) is 64.0 Å². The van der Waals surface area contributed by atoms with E-state index in [0.717, 1.165) is 37.8 Å². The van der Waals surface area contributed by atoms with Crippen LogP contribution in [0.1, 0.15) is 25.7 Å². The van der Waals surface area contributed by atoms with Gasteiger partial charge in [0.1, 0.15) is 0 Å². The highest BCUT2D eigenvalue weighted by molar-refractivity contribution is 6.84. The summed E-state index contributed by atoms with van der Waals surface area (Å²) in [5, 5.41) is 0. The molecule has 0 radical (unpaired) electrons. The van der Waals surface area contributed by atoms with Crippen molar-refractivity contribution in [3.63, 3.8) is 0 Å². The monoisotopic (exact) mass is 382 g/mol. The molecule has 5 nitrogen and oxygen atoms in total. The molecule has 0 heterocycles. The van der Waals surface area contributed by atoms with Crippen molar-refractivity contribution in [3.05, 3.63) is 0 Å². The van der Waals surface area contributed by atoms with E-state index in [-0.39, 0.29) is 0 Å². The van der Waals surface area contributed by atoms with Crippen molar-refractivity contribution in [2.24, 2.45) is 0 Å². The summed E-state index contributed by atoms with van der Waals surface area (Å²) >= 11 is 0. The summed E-state index contributed by atoms with van der Waals surface area (Å²) in [5.74, 6) is 2.66. The number of carbonyl (C=O) groups is 2. The molecular weight excluding hydrogens is 352 g/mol. The van der Waals surface area contributed by atoms with E-state index in [4.69, 9.17) is 26.4 Å². The molecule has 0 rings (SSSR count). The zero-order valence-electron chi connectivity index (χ0n) is 15.9. The molecule has 0 aliphatic carbocycles. The molecular formula is C18H30O5Si2. The van der Waals surface area contributed by atoms with Crippen molar-refractivity contribution < 1.29 is 23.2 Å². The van der Waals surface area contributed by atoms with Gasteiger partial charge in [-0.1, -0.05) is 12.8 Å². The topological polar surface area (TPSA) is 61.8 Å². The van der Waals surface area contributed by atoms with Crippen LogP contribution in [0, 0.1) is 24.7 Å². The maximum Gasteiger partial charge on any atom is 0.384 e. The predicted molar refractivity (Wildman–Crippen MR) is 104 cm³/mol. The first-order valence-electron chi connectivity index (χ1n) is 8.59. The minimum absolute atomic E-state index is 0.366. The lowest BCUT2D eigenvalue weighted by Gasteiger charge is -2.34. The van der Waals surface area contributed by atoms with Gasteiger partial charge in [-0.2, -0.15) is 0 Å². The number of hydrogen-bond donors (Lipinski definition) is 0. The maximum absolute atomic E-state index is 10.9. The number of hydrogen-bond acceptors (Lipinski definition) is 5. The van der Waals surface area contributed by atoms with E-state index in [1.54, 1.807) is 0 Å². The van der Waals surface area contributed by atoms with E-state index >= 15 is 0 Å². The molecule has 0 aromatic carbocycles. The highest BCUT2D eigenvalue weighted by Crippen LogP contribution is 2.24. The highest BCUT2D eigenvalue weighted by atomic mass is 28.4. The molecule has 0 saturated heterocycles. The van der Waals surface area contributed by atoms with E-state index in [1.165, 1.54) is 0 Å². The zero-order valence-corrected chi connectivity index (χ0v) is 17.9. The van der Waals surface area contributed by atoms with Crippen LogP contribution >= 0.6 is 0 Å². The Kier molecular flexibility index (Phi) is 11.2. The van der Waals surface area contributed by atoms with E-state index < -0.39 is 28.6 Å². The van der Waals surface area contributed by atoms with Crippen LogP contribution in [0.2, 0.25) is 38.3 Å². The van der Waals surface area contributed by atoms with Crippen LogP contribution in [0.4, 0.5) is 0 Å². The van der Waals surface area contributed by atoms with E-state index in [9.17, 15) is 9.59 Å². The summed E-state index contributed by atoms with van der Waals surface area (Å²) in [4.78, 5) is 21.7. The number of esters is 2. The third-order valence-electron chi connectivity index (χ3n) is 3.60. The minimum Gasteiger partial charge on any atom is -0.456 e. The molecule has 0 aromatic rings. The molecule has 25 heavy (non-hydrogen) atoms. The zero-order chi connectivity index (χ0) is 19.3. The first kappa shape index (κ1) is 23.5. The number of rotatable bonds is 12. The molecule has 0 aliphatic rings. The predicted octanol–water partition coefficient (Wildman–Crippen LogP) is 3.33. The van der Waals surface area contributed by atoms with Crippen molar-refractivity contribution in [2.75, 3.05) is 13.2 Å². The summed E-state index contributed by atoms with van der Waals surface area (Å²) < 4.78 is 16.3. The second-order valence-electron chi connectivity index (χ2n) is 7.10. The van der Waals surface area contributed by atoms with Crippen LogP contribution in [0.3, 0.4) is 0 Å². The average Bonchev–Trinajstić information content (AvgIpc) is 2.52. The van der Waals surface area contributed by atoms with Crippen LogP contribution in [0.15, 0.2) is 0 Å². The second-order valence-corrected chi connectivity index (χ2v) is 16.0. The van der Waals surface area contributed by atoms with Crippen LogP contribution in [-0.2, 0) is 23.2 Å². The Morgan fingerprint density at radius 3 is 1.44 bits per heavy atom. The third kappa shape index (κ3) is 13.4. The Morgan fingerprint density at radius 2 is 1.12 bits per heavy atom. The Bertz CT molecular complexity index is 469. The summed E-state index contributed by atoms with van der Waals surface area (Å²) in [7, 11) is -3.49. The number of terminal acetylenes is 2. The largest absolute Gasteiger partial charge is 0.456 e. The van der Waals surface area contributed by atoms with E-state index in [1.807, 2.05) is 11.8 Å². The molecule has 7 heteroatoms. The summed E-state index contributed by atoms with van der Waals surface area (Å²) in [6.07, 6.45) is 13.4. The van der Waals surface area contributed by atoms with Gasteiger partial charge >= 0.3 is 11.9 Å². The van der Waals surface area contributed by atoms with Gasteiger partial charge in [0, 0.05) is 11.8 Å². The second kappa shape index (κ2) is 11.9. The Hall–Kier alpha value is -1.55. The van der Waals surface area contributed by atoms with Gasteiger partial charge in [-0.15, -0.1) is 12.8 Å². The van der Waals surface area contributed by atoms with Crippen LogP contribution in [0.25, 0.3) is 0 Å². The van der Waals surface area contributed by atoms with E-state index in [2.05, 4.69) is 26.2 Å². The first-order chi connectivity index (χ1) is 11.6. The molecule has 0 unspecified atom stereocenters. The summed E-state index contributed by atoms with van der Waals surface area (Å²) in [6.45, 7) is 9.64. The molecule has 0 spiro atoms. The van der Waals surface area contributed by atoms with Crippen molar-refractivity contribution in [1.29, 1.82) is 0 Å². The molecule has 0 aromatic heterocycles.